The van der Waals surface area contributed by atoms with E-state index in [1.807, 2.05) is 7.05 Å². The van der Waals surface area contributed by atoms with Crippen molar-refractivity contribution < 1.29 is 4.74 Å². The zero-order valence-corrected chi connectivity index (χ0v) is 10.8. The first-order valence-electron chi connectivity index (χ1n) is 6.14. The number of likely N-dealkylation sites (N-methyl/N-ethyl adjacent to an activating group) is 1. The average molecular weight is 214 g/mol. The Hall–Kier alpha value is -0.120. The first-order chi connectivity index (χ1) is 7.10. The van der Waals surface area contributed by atoms with Crippen molar-refractivity contribution in [3.05, 3.63) is 0 Å². The minimum Gasteiger partial charge on any atom is -0.376 e. The molecular weight excluding hydrogens is 188 g/mol. The predicted molar refractivity (Wildman–Crippen MR) is 64.2 cm³/mol. The molecule has 0 aromatic rings. The van der Waals surface area contributed by atoms with Crippen molar-refractivity contribution in [2.75, 3.05) is 20.2 Å². The van der Waals surface area contributed by atoms with Gasteiger partial charge in [-0.25, -0.2) is 0 Å². The first-order valence-corrected chi connectivity index (χ1v) is 6.14. The average Bonchev–Trinajstić information content (AvgIpc) is 2.27. The molecule has 0 bridgehead atoms. The molecule has 0 aromatic heterocycles. The number of rotatable bonds is 4. The van der Waals surface area contributed by atoms with Crippen LogP contribution in [-0.2, 0) is 4.74 Å². The molecule has 1 heterocycles. The van der Waals surface area contributed by atoms with Crippen LogP contribution in [0.3, 0.4) is 0 Å². The number of ether oxygens (including phenoxy) is 1. The Balaban J connectivity index is 2.61. The van der Waals surface area contributed by atoms with E-state index in [-0.39, 0.29) is 0 Å². The van der Waals surface area contributed by atoms with Crippen molar-refractivity contribution in [1.29, 1.82) is 0 Å². The number of morpholine rings is 1. The summed E-state index contributed by atoms with van der Waals surface area (Å²) in [5, 5.41) is 3.34. The fourth-order valence-corrected chi connectivity index (χ4v) is 2.25. The third-order valence-electron chi connectivity index (χ3n) is 3.68. The van der Waals surface area contributed by atoms with E-state index in [4.69, 9.17) is 4.74 Å². The molecule has 4 atom stereocenters. The Morgan fingerprint density at radius 3 is 2.67 bits per heavy atom. The lowest BCUT2D eigenvalue weighted by atomic mass is 10.0. The van der Waals surface area contributed by atoms with Crippen molar-refractivity contribution >= 4 is 0 Å². The molecule has 1 aliphatic heterocycles. The summed E-state index contributed by atoms with van der Waals surface area (Å²) in [7, 11) is 2.03. The molecule has 4 unspecified atom stereocenters. The van der Waals surface area contributed by atoms with Crippen molar-refractivity contribution in [1.82, 2.24) is 10.2 Å². The Kier molecular flexibility index (Phi) is 5.03. The molecule has 3 nitrogen and oxygen atoms in total. The molecule has 0 aliphatic carbocycles. The highest BCUT2D eigenvalue weighted by molar-refractivity contribution is 4.85. The van der Waals surface area contributed by atoms with Crippen molar-refractivity contribution in [2.45, 2.75) is 58.3 Å². The summed E-state index contributed by atoms with van der Waals surface area (Å²) in [6, 6.07) is 1.70. The standard InChI is InChI=1S/C12H26N2O/c1-6-12-8-15-9(2)7-14(12)11(4)10(3)13-5/h9-13H,6-8H2,1-5H3. The normalized spacial score (nSPS) is 32.6. The predicted octanol–water partition coefficient (Wildman–Crippen LogP) is 1.48. The summed E-state index contributed by atoms with van der Waals surface area (Å²) in [6.45, 7) is 10.9. The van der Waals surface area contributed by atoms with E-state index in [1.54, 1.807) is 0 Å². The number of hydrogen-bond donors (Lipinski definition) is 1. The van der Waals surface area contributed by atoms with Crippen LogP contribution in [0.2, 0.25) is 0 Å². The van der Waals surface area contributed by atoms with Gasteiger partial charge in [-0.05, 0) is 34.2 Å². The van der Waals surface area contributed by atoms with Crippen LogP contribution < -0.4 is 5.32 Å². The third kappa shape index (κ3) is 3.16. The van der Waals surface area contributed by atoms with Crippen LogP contribution in [0.1, 0.15) is 34.1 Å². The monoisotopic (exact) mass is 214 g/mol. The molecule has 0 aromatic carbocycles. The van der Waals surface area contributed by atoms with E-state index in [9.17, 15) is 0 Å². The number of nitrogens with zero attached hydrogens (tertiary/aromatic N) is 1. The summed E-state index contributed by atoms with van der Waals surface area (Å²) in [5.41, 5.74) is 0. The summed E-state index contributed by atoms with van der Waals surface area (Å²) in [4.78, 5) is 2.59. The zero-order valence-electron chi connectivity index (χ0n) is 10.8. The number of nitrogens with one attached hydrogen (secondary N) is 1. The van der Waals surface area contributed by atoms with E-state index in [2.05, 4.69) is 37.9 Å². The molecule has 90 valence electrons. The lowest BCUT2D eigenvalue weighted by Crippen LogP contribution is -2.57. The highest BCUT2D eigenvalue weighted by atomic mass is 16.5. The third-order valence-corrected chi connectivity index (χ3v) is 3.68. The largest absolute Gasteiger partial charge is 0.376 e. The van der Waals surface area contributed by atoms with Crippen LogP contribution in [0.4, 0.5) is 0 Å². The Morgan fingerprint density at radius 1 is 1.47 bits per heavy atom. The number of hydrogen-bond acceptors (Lipinski definition) is 3. The van der Waals surface area contributed by atoms with E-state index in [0.29, 0.717) is 24.2 Å². The molecule has 1 fully saturated rings. The molecule has 1 N–H and O–H groups in total. The van der Waals surface area contributed by atoms with Crippen molar-refractivity contribution in [3.8, 4) is 0 Å². The Labute approximate surface area is 94.2 Å². The van der Waals surface area contributed by atoms with E-state index in [1.165, 1.54) is 6.42 Å². The highest BCUT2D eigenvalue weighted by Crippen LogP contribution is 2.18. The van der Waals surface area contributed by atoms with E-state index < -0.39 is 0 Å². The van der Waals surface area contributed by atoms with Gasteiger partial charge in [-0.3, -0.25) is 4.90 Å². The van der Waals surface area contributed by atoms with Gasteiger partial charge >= 0.3 is 0 Å². The summed E-state index contributed by atoms with van der Waals surface area (Å²) >= 11 is 0. The molecule has 1 saturated heterocycles. The van der Waals surface area contributed by atoms with Gasteiger partial charge < -0.3 is 10.1 Å². The van der Waals surface area contributed by atoms with Gasteiger partial charge in [0.25, 0.3) is 0 Å². The maximum atomic E-state index is 5.71. The molecular formula is C12H26N2O. The topological polar surface area (TPSA) is 24.5 Å². The quantitative estimate of drug-likeness (QED) is 0.767. The summed E-state index contributed by atoms with van der Waals surface area (Å²) in [5.74, 6) is 0. The maximum Gasteiger partial charge on any atom is 0.0674 e. The van der Waals surface area contributed by atoms with Gasteiger partial charge in [0.05, 0.1) is 12.7 Å². The van der Waals surface area contributed by atoms with Gasteiger partial charge in [0.2, 0.25) is 0 Å². The molecule has 1 aliphatic rings. The van der Waals surface area contributed by atoms with Crippen molar-refractivity contribution in [3.63, 3.8) is 0 Å². The second-order valence-corrected chi connectivity index (χ2v) is 4.72. The molecule has 0 spiro atoms. The summed E-state index contributed by atoms with van der Waals surface area (Å²) in [6.07, 6.45) is 1.55. The molecule has 3 heteroatoms. The minimum absolute atomic E-state index is 0.374. The Morgan fingerprint density at radius 2 is 2.13 bits per heavy atom. The van der Waals surface area contributed by atoms with Crippen LogP contribution in [0, 0.1) is 0 Å². The molecule has 0 saturated carbocycles. The van der Waals surface area contributed by atoms with Crippen LogP contribution in [-0.4, -0.2) is 49.3 Å². The molecule has 1 rings (SSSR count). The van der Waals surface area contributed by atoms with Gasteiger partial charge in [0.15, 0.2) is 0 Å². The molecule has 15 heavy (non-hydrogen) atoms. The lowest BCUT2D eigenvalue weighted by Gasteiger charge is -2.43. The van der Waals surface area contributed by atoms with Gasteiger partial charge in [0.1, 0.15) is 0 Å². The van der Waals surface area contributed by atoms with Crippen LogP contribution in [0.15, 0.2) is 0 Å². The summed E-state index contributed by atoms with van der Waals surface area (Å²) < 4.78 is 5.71. The van der Waals surface area contributed by atoms with Crippen molar-refractivity contribution in [2.24, 2.45) is 0 Å². The SMILES string of the molecule is CCC1COC(C)CN1C(C)C(C)NC. The van der Waals surface area contributed by atoms with Gasteiger partial charge in [-0.2, -0.15) is 0 Å². The van der Waals surface area contributed by atoms with E-state index >= 15 is 0 Å². The Bertz CT molecular complexity index is 186. The van der Waals surface area contributed by atoms with Crippen LogP contribution >= 0.6 is 0 Å². The maximum absolute atomic E-state index is 5.71. The fraction of sp³-hybridized carbons (Fsp3) is 1.00. The second-order valence-electron chi connectivity index (χ2n) is 4.72. The van der Waals surface area contributed by atoms with Gasteiger partial charge in [0, 0.05) is 24.7 Å². The second kappa shape index (κ2) is 5.83. The van der Waals surface area contributed by atoms with Gasteiger partial charge in [-0.1, -0.05) is 6.92 Å². The minimum atomic E-state index is 0.374. The molecule has 0 amide bonds. The fourth-order valence-electron chi connectivity index (χ4n) is 2.25. The zero-order chi connectivity index (χ0) is 11.4. The highest BCUT2D eigenvalue weighted by Gasteiger charge is 2.30. The first kappa shape index (κ1) is 12.9. The van der Waals surface area contributed by atoms with Crippen LogP contribution in [0.5, 0.6) is 0 Å². The lowest BCUT2D eigenvalue weighted by molar-refractivity contribution is -0.0736. The smallest absolute Gasteiger partial charge is 0.0674 e. The van der Waals surface area contributed by atoms with E-state index in [0.717, 1.165) is 13.2 Å². The van der Waals surface area contributed by atoms with Gasteiger partial charge in [-0.15, -0.1) is 0 Å². The van der Waals surface area contributed by atoms with Crippen LogP contribution in [0.25, 0.3) is 0 Å². The molecule has 0 radical (unpaired) electrons.